The first-order valence-electron chi connectivity index (χ1n) is 6.47. The number of nitrogens with two attached hydrogens (primary N) is 1. The Labute approximate surface area is 131 Å². The first-order chi connectivity index (χ1) is 10.7. The Hall–Kier alpha value is -2.70. The van der Waals surface area contributed by atoms with E-state index in [1.165, 1.54) is 11.1 Å². The van der Waals surface area contributed by atoms with E-state index >= 15 is 0 Å². The topological polar surface area (TPSA) is 96.7 Å². The zero-order valence-electron chi connectivity index (χ0n) is 11.4. The molecule has 2 aliphatic carbocycles. The quantitative estimate of drug-likeness (QED) is 0.390. The minimum Gasteiger partial charge on any atom is -0.292 e. The molecule has 1 heterocycles. The first kappa shape index (κ1) is 14.2. The van der Waals surface area contributed by atoms with E-state index in [1.807, 2.05) is 0 Å². The normalized spacial score (nSPS) is 10.5. The predicted octanol–water partition coefficient (Wildman–Crippen LogP) is 2.44. The minimum absolute atomic E-state index is 0.0636. The van der Waals surface area contributed by atoms with Crippen LogP contribution in [0.25, 0.3) is 22.5 Å². The Morgan fingerprint density at radius 3 is 1.91 bits per heavy atom. The number of H-pyrrole nitrogens is 1. The number of aromatic amines is 1. The molecule has 0 radical (unpaired) electrons. The largest absolute Gasteiger partial charge is 0.349 e. The van der Waals surface area contributed by atoms with Crippen LogP contribution in [-0.2, 0) is 0 Å². The average molecular weight is 314 g/mol. The third-order valence-corrected chi connectivity index (χ3v) is 3.37. The molecule has 7 heteroatoms. The van der Waals surface area contributed by atoms with Crippen LogP contribution in [0.1, 0.15) is 0 Å². The van der Waals surface area contributed by atoms with Crippen molar-refractivity contribution in [2.45, 2.75) is 0 Å². The molecule has 0 spiro atoms. The number of aromatic nitrogens is 3. The van der Waals surface area contributed by atoms with Crippen LogP contribution in [0.5, 0.6) is 0 Å². The molecule has 0 aliphatic heterocycles. The van der Waals surface area contributed by atoms with Crippen molar-refractivity contribution in [1.29, 1.82) is 0 Å². The molecule has 0 amide bonds. The van der Waals surface area contributed by atoms with Crippen molar-refractivity contribution in [2.24, 2.45) is 5.84 Å². The fourth-order valence-electron chi connectivity index (χ4n) is 1.86. The number of hydrogen-bond donors (Lipinski definition) is 3. The maximum Gasteiger partial charge on any atom is 0.349 e. The van der Waals surface area contributed by atoms with E-state index in [-0.39, 0.29) is 5.95 Å². The maximum absolute atomic E-state index is 11.2. The van der Waals surface area contributed by atoms with Gasteiger partial charge >= 0.3 is 5.69 Å². The lowest BCUT2D eigenvalue weighted by Gasteiger charge is -2.10. The molecule has 4 N–H and O–H groups in total. The number of hydrogen-bond acceptors (Lipinski definition) is 5. The van der Waals surface area contributed by atoms with Crippen molar-refractivity contribution < 1.29 is 0 Å². The third-order valence-electron chi connectivity index (χ3n) is 3.12. The van der Waals surface area contributed by atoms with Gasteiger partial charge in [0.2, 0.25) is 5.95 Å². The van der Waals surface area contributed by atoms with E-state index in [0.29, 0.717) is 10.8 Å². The summed E-state index contributed by atoms with van der Waals surface area (Å²) >= 11 is 5.75. The second-order valence-corrected chi connectivity index (χ2v) is 4.99. The molecule has 0 saturated heterocycles. The second kappa shape index (κ2) is 5.97. The highest BCUT2D eigenvalue weighted by molar-refractivity contribution is 6.30. The zero-order valence-corrected chi connectivity index (χ0v) is 12.1. The van der Waals surface area contributed by atoms with Gasteiger partial charge in [0.05, 0.1) is 0 Å². The summed E-state index contributed by atoms with van der Waals surface area (Å²) in [4.78, 5) is 21.2. The molecular weight excluding hydrogens is 302 g/mol. The molecule has 22 heavy (non-hydrogen) atoms. The van der Waals surface area contributed by atoms with Crippen LogP contribution in [0, 0.1) is 0 Å². The summed E-state index contributed by atoms with van der Waals surface area (Å²) in [5.41, 5.74) is 5.28. The highest BCUT2D eigenvalue weighted by atomic mass is 35.5. The summed E-state index contributed by atoms with van der Waals surface area (Å²) in [6, 6.07) is 15.4. The van der Waals surface area contributed by atoms with Crippen LogP contribution in [0.4, 0.5) is 5.95 Å². The number of fused-ring (bicyclic) bond motifs is 1. The molecule has 0 atom stereocenters. The van der Waals surface area contributed by atoms with Crippen molar-refractivity contribution in [3.8, 4) is 22.5 Å². The summed E-state index contributed by atoms with van der Waals surface area (Å²) in [6.45, 7) is 0. The summed E-state index contributed by atoms with van der Waals surface area (Å²) in [6.07, 6.45) is 0. The number of halogens is 1. The van der Waals surface area contributed by atoms with Gasteiger partial charge in [-0.2, -0.15) is 9.97 Å². The molecule has 0 saturated carbocycles. The molecule has 1 aromatic heterocycles. The Kier molecular flexibility index (Phi) is 3.86. The standard InChI is InChI=1S/C9H8ClN5O.C6H4/c10-6-3-1-5(2-4-6)7-12-8(15-11)14-9(16)13-7;1-2-6-4-3-5(1)6/h1-4H,11H2,(H2,12,13,14,15,16);1-4H. The SMILES string of the molecule is NNc1nc(-c2ccc(Cl)cc2)[nH]c(=O)n1.c1cc2ccc1-2. The van der Waals surface area contributed by atoms with Crippen molar-refractivity contribution in [1.82, 2.24) is 15.0 Å². The number of nitrogens with one attached hydrogen (secondary N) is 2. The minimum atomic E-state index is -0.520. The van der Waals surface area contributed by atoms with Gasteiger partial charge in [0.1, 0.15) is 5.82 Å². The lowest BCUT2D eigenvalue weighted by atomic mass is 9.95. The molecule has 0 bridgehead atoms. The third kappa shape index (κ3) is 2.98. The second-order valence-electron chi connectivity index (χ2n) is 4.55. The Morgan fingerprint density at radius 1 is 0.909 bits per heavy atom. The number of hydrazine groups is 1. The number of benzene rings is 2. The monoisotopic (exact) mass is 313 g/mol. The van der Waals surface area contributed by atoms with Crippen molar-refractivity contribution in [3.05, 3.63) is 64.0 Å². The Balaban J connectivity index is 0.000000196. The zero-order chi connectivity index (χ0) is 15.5. The van der Waals surface area contributed by atoms with Gasteiger partial charge in [0.25, 0.3) is 0 Å². The summed E-state index contributed by atoms with van der Waals surface area (Å²) in [5, 5.41) is 0.609. The van der Waals surface area contributed by atoms with Crippen molar-refractivity contribution >= 4 is 17.5 Å². The summed E-state index contributed by atoms with van der Waals surface area (Å²) in [7, 11) is 0. The van der Waals surface area contributed by atoms with Gasteiger partial charge in [-0.15, -0.1) is 0 Å². The van der Waals surface area contributed by atoms with Gasteiger partial charge in [-0.1, -0.05) is 35.9 Å². The molecule has 0 fully saturated rings. The smallest absolute Gasteiger partial charge is 0.292 e. The molecular formula is C15H12ClN5O. The van der Waals surface area contributed by atoms with E-state index in [9.17, 15) is 4.79 Å². The van der Waals surface area contributed by atoms with Gasteiger partial charge in [-0.05, 0) is 35.4 Å². The number of nitrogen functional groups attached to an aromatic ring is 1. The fourth-order valence-corrected chi connectivity index (χ4v) is 1.98. The highest BCUT2D eigenvalue weighted by Crippen LogP contribution is 2.29. The molecule has 1 aromatic carbocycles. The number of anilines is 1. The van der Waals surface area contributed by atoms with Gasteiger partial charge < -0.3 is 0 Å². The summed E-state index contributed by atoms with van der Waals surface area (Å²) < 4.78 is 0. The summed E-state index contributed by atoms with van der Waals surface area (Å²) in [5.74, 6) is 5.58. The van der Waals surface area contributed by atoms with Gasteiger partial charge in [-0.25, -0.2) is 10.6 Å². The van der Waals surface area contributed by atoms with Crippen LogP contribution in [0.15, 0.2) is 53.3 Å². The Bertz CT molecular complexity index is 822. The lowest BCUT2D eigenvalue weighted by Crippen LogP contribution is -2.19. The first-order valence-corrected chi connectivity index (χ1v) is 6.85. The Morgan fingerprint density at radius 2 is 1.45 bits per heavy atom. The van der Waals surface area contributed by atoms with Gasteiger partial charge in [0.15, 0.2) is 0 Å². The fraction of sp³-hybridized carbons (Fsp3) is 0. The van der Waals surface area contributed by atoms with Crippen molar-refractivity contribution in [2.75, 3.05) is 5.43 Å². The van der Waals surface area contributed by atoms with E-state index in [1.54, 1.807) is 24.3 Å². The number of nitrogens with zero attached hydrogens (tertiary/aromatic N) is 2. The van der Waals surface area contributed by atoms with E-state index in [4.69, 9.17) is 17.4 Å². The number of rotatable bonds is 2. The van der Waals surface area contributed by atoms with Crippen LogP contribution < -0.4 is 17.0 Å². The average Bonchev–Trinajstić information content (AvgIpc) is 2.51. The highest BCUT2D eigenvalue weighted by Gasteiger charge is 2.04. The molecule has 0 unspecified atom stereocenters. The van der Waals surface area contributed by atoms with Crippen LogP contribution in [0.3, 0.4) is 0 Å². The van der Waals surface area contributed by atoms with Crippen LogP contribution in [0.2, 0.25) is 5.02 Å². The van der Waals surface area contributed by atoms with Crippen molar-refractivity contribution in [3.63, 3.8) is 0 Å². The van der Waals surface area contributed by atoms with Gasteiger partial charge in [0, 0.05) is 10.6 Å². The van der Waals surface area contributed by atoms with Crippen LogP contribution >= 0.6 is 11.6 Å². The molecule has 2 aromatic rings. The van der Waals surface area contributed by atoms with Gasteiger partial charge in [-0.3, -0.25) is 10.4 Å². The molecule has 110 valence electrons. The predicted molar refractivity (Wildman–Crippen MR) is 86.3 cm³/mol. The van der Waals surface area contributed by atoms with Crippen LogP contribution in [-0.4, -0.2) is 15.0 Å². The molecule has 2 aliphatic rings. The van der Waals surface area contributed by atoms with E-state index in [0.717, 1.165) is 5.56 Å². The molecule has 6 nitrogen and oxygen atoms in total. The van der Waals surface area contributed by atoms with E-state index < -0.39 is 5.69 Å². The maximum atomic E-state index is 11.2. The van der Waals surface area contributed by atoms with E-state index in [2.05, 4.69) is 44.6 Å². The molecule has 4 rings (SSSR count). The lowest BCUT2D eigenvalue weighted by molar-refractivity contribution is 0.985.